The number of fused-ring (bicyclic) bond motifs is 2. The van der Waals surface area contributed by atoms with Gasteiger partial charge in [-0.1, -0.05) is 6.07 Å². The highest BCUT2D eigenvalue weighted by Gasteiger charge is 2.27. The normalized spacial score (nSPS) is 12.9. The number of hydrogen-bond acceptors (Lipinski definition) is 6. The van der Waals surface area contributed by atoms with E-state index in [0.717, 1.165) is 16.8 Å². The molecular formula is C25H23F3N6O2. The largest absolute Gasteiger partial charge is 0.486 e. The van der Waals surface area contributed by atoms with Gasteiger partial charge in [-0.05, 0) is 43.9 Å². The zero-order chi connectivity index (χ0) is 25.4. The van der Waals surface area contributed by atoms with Crippen molar-refractivity contribution < 1.29 is 22.7 Å². The van der Waals surface area contributed by atoms with E-state index >= 15 is 0 Å². The Balaban J connectivity index is 1.51. The van der Waals surface area contributed by atoms with Crippen LogP contribution in [0.5, 0.6) is 5.75 Å². The lowest BCUT2D eigenvalue weighted by Crippen LogP contribution is -2.16. The van der Waals surface area contributed by atoms with Crippen molar-refractivity contribution in [3.8, 4) is 17.0 Å². The van der Waals surface area contributed by atoms with Gasteiger partial charge in [0, 0.05) is 30.9 Å². The van der Waals surface area contributed by atoms with E-state index in [1.165, 1.54) is 12.1 Å². The molecule has 1 amide bonds. The molecule has 0 atom stereocenters. The number of aromatic nitrogens is 3. The van der Waals surface area contributed by atoms with E-state index in [4.69, 9.17) is 4.74 Å². The van der Waals surface area contributed by atoms with Gasteiger partial charge < -0.3 is 20.3 Å². The van der Waals surface area contributed by atoms with Gasteiger partial charge in [-0.2, -0.15) is 0 Å². The van der Waals surface area contributed by atoms with Gasteiger partial charge in [-0.15, -0.1) is 0 Å². The second kappa shape index (κ2) is 9.50. The molecule has 0 saturated carbocycles. The second-order valence-corrected chi connectivity index (χ2v) is 8.62. The summed E-state index contributed by atoms with van der Waals surface area (Å²) in [5.41, 5.74) is 4.28. The number of ether oxygens (including phenoxy) is 1. The van der Waals surface area contributed by atoms with Crippen LogP contribution in [0.4, 0.5) is 24.7 Å². The van der Waals surface area contributed by atoms with Crippen LogP contribution in [-0.4, -0.2) is 52.3 Å². The van der Waals surface area contributed by atoms with Gasteiger partial charge >= 0.3 is 0 Å². The van der Waals surface area contributed by atoms with Crippen molar-refractivity contribution in [2.45, 2.75) is 19.5 Å². The Morgan fingerprint density at radius 3 is 2.83 bits per heavy atom. The van der Waals surface area contributed by atoms with Crippen molar-refractivity contribution in [3.05, 3.63) is 71.4 Å². The van der Waals surface area contributed by atoms with Crippen LogP contribution in [0.2, 0.25) is 0 Å². The molecule has 3 aromatic heterocycles. The molecule has 1 aromatic carbocycles. The minimum absolute atomic E-state index is 0.236. The SMILES string of the molecule is CN(C)Cc1nc(Nc2ccc(-c3cnc4cc(F)ccn34)c3c2C(=O)NC3)ccc1OCC(F)F. The first kappa shape index (κ1) is 23.6. The van der Waals surface area contributed by atoms with Crippen molar-refractivity contribution in [2.24, 2.45) is 0 Å². The lowest BCUT2D eigenvalue weighted by Gasteiger charge is -2.17. The summed E-state index contributed by atoms with van der Waals surface area (Å²) in [6.07, 6.45) is 0.651. The number of benzene rings is 1. The summed E-state index contributed by atoms with van der Waals surface area (Å²) in [6.45, 7) is -0.0202. The highest BCUT2D eigenvalue weighted by Crippen LogP contribution is 2.35. The van der Waals surface area contributed by atoms with Crippen molar-refractivity contribution in [1.29, 1.82) is 0 Å². The Morgan fingerprint density at radius 2 is 2.06 bits per heavy atom. The van der Waals surface area contributed by atoms with Crippen LogP contribution in [0.15, 0.2) is 48.8 Å². The second-order valence-electron chi connectivity index (χ2n) is 8.62. The maximum absolute atomic E-state index is 13.6. The van der Waals surface area contributed by atoms with E-state index in [9.17, 15) is 18.0 Å². The molecule has 5 rings (SSSR count). The molecule has 36 heavy (non-hydrogen) atoms. The van der Waals surface area contributed by atoms with Gasteiger partial charge in [0.25, 0.3) is 12.3 Å². The number of imidazole rings is 1. The Morgan fingerprint density at radius 1 is 1.22 bits per heavy atom. The number of nitrogens with one attached hydrogen (secondary N) is 2. The summed E-state index contributed by atoms with van der Waals surface area (Å²) in [4.78, 5) is 23.5. The predicted molar refractivity (Wildman–Crippen MR) is 128 cm³/mol. The number of nitrogens with zero attached hydrogens (tertiary/aromatic N) is 4. The lowest BCUT2D eigenvalue weighted by atomic mass is 9.99. The molecule has 1 aliphatic rings. The summed E-state index contributed by atoms with van der Waals surface area (Å²) in [7, 11) is 3.67. The summed E-state index contributed by atoms with van der Waals surface area (Å²) < 4.78 is 45.9. The molecule has 1 aliphatic heterocycles. The van der Waals surface area contributed by atoms with Gasteiger partial charge in [0.15, 0.2) is 0 Å². The smallest absolute Gasteiger partial charge is 0.272 e. The van der Waals surface area contributed by atoms with Gasteiger partial charge in [-0.3, -0.25) is 9.20 Å². The van der Waals surface area contributed by atoms with Crippen LogP contribution in [0, 0.1) is 5.82 Å². The molecule has 0 fully saturated rings. The minimum atomic E-state index is -2.60. The highest BCUT2D eigenvalue weighted by molar-refractivity contribution is 6.06. The average molecular weight is 496 g/mol. The van der Waals surface area contributed by atoms with E-state index < -0.39 is 13.0 Å². The highest BCUT2D eigenvalue weighted by atomic mass is 19.3. The number of carbonyl (C=O) groups is 1. The first-order chi connectivity index (χ1) is 17.3. The van der Waals surface area contributed by atoms with Crippen LogP contribution >= 0.6 is 0 Å². The molecule has 0 bridgehead atoms. The standard InChI is InChI=1S/C25H23F3N6O2/c1-33(2)12-18-20(36-13-21(27)28)5-6-22(32-18)31-17-4-3-15(16-10-30-25(35)24(16)17)19-11-29-23-9-14(26)7-8-34(19)23/h3-9,11,21H,10,12-13H2,1-2H3,(H,30,35)(H,31,32). The predicted octanol–water partition coefficient (Wildman–Crippen LogP) is 4.23. The number of hydrogen-bond donors (Lipinski definition) is 2. The number of anilines is 2. The molecule has 0 saturated heterocycles. The molecule has 0 spiro atoms. The first-order valence-electron chi connectivity index (χ1n) is 11.2. The summed E-state index contributed by atoms with van der Waals surface area (Å²) in [5, 5.41) is 6.05. The van der Waals surface area contributed by atoms with Gasteiger partial charge in [0.1, 0.15) is 29.6 Å². The third kappa shape index (κ3) is 4.57. The summed E-state index contributed by atoms with van der Waals surface area (Å²) in [5.74, 6) is 0.0979. The zero-order valence-corrected chi connectivity index (χ0v) is 19.6. The fraction of sp³-hybridized carbons (Fsp3) is 0.240. The number of rotatable bonds is 8. The number of halogens is 3. The monoisotopic (exact) mass is 496 g/mol. The topological polar surface area (TPSA) is 83.8 Å². The number of carbonyl (C=O) groups excluding carboxylic acids is 1. The van der Waals surface area contributed by atoms with Crippen LogP contribution in [-0.2, 0) is 13.1 Å². The molecule has 11 heteroatoms. The van der Waals surface area contributed by atoms with Crippen LogP contribution in [0.25, 0.3) is 16.9 Å². The Kier molecular flexibility index (Phi) is 6.23. The van der Waals surface area contributed by atoms with E-state index in [-0.39, 0.29) is 17.5 Å². The molecule has 0 aliphatic carbocycles. The Hall–Kier alpha value is -4.12. The minimum Gasteiger partial charge on any atom is -0.486 e. The average Bonchev–Trinajstić information content (AvgIpc) is 3.42. The lowest BCUT2D eigenvalue weighted by molar-refractivity contribution is 0.0808. The molecule has 4 aromatic rings. The molecule has 0 unspecified atom stereocenters. The van der Waals surface area contributed by atoms with Gasteiger partial charge in [0.2, 0.25) is 0 Å². The van der Waals surface area contributed by atoms with Gasteiger partial charge in [-0.25, -0.2) is 23.1 Å². The van der Waals surface area contributed by atoms with Crippen molar-refractivity contribution >= 4 is 23.1 Å². The number of alkyl halides is 2. The van der Waals surface area contributed by atoms with Crippen LogP contribution in [0.3, 0.4) is 0 Å². The fourth-order valence-electron chi connectivity index (χ4n) is 4.24. The third-order valence-electron chi connectivity index (χ3n) is 5.74. The van der Waals surface area contributed by atoms with Crippen molar-refractivity contribution in [3.63, 3.8) is 0 Å². The molecule has 2 N–H and O–H groups in total. The van der Waals surface area contributed by atoms with Crippen LogP contribution in [0.1, 0.15) is 21.6 Å². The summed E-state index contributed by atoms with van der Waals surface area (Å²) in [6, 6.07) is 9.54. The molecule has 8 nitrogen and oxygen atoms in total. The van der Waals surface area contributed by atoms with E-state index in [1.807, 2.05) is 25.1 Å². The van der Waals surface area contributed by atoms with E-state index in [0.29, 0.717) is 41.5 Å². The van der Waals surface area contributed by atoms with Gasteiger partial charge in [0.05, 0.1) is 28.8 Å². The summed E-state index contributed by atoms with van der Waals surface area (Å²) >= 11 is 0. The van der Waals surface area contributed by atoms with E-state index in [2.05, 4.69) is 20.6 Å². The first-order valence-corrected chi connectivity index (χ1v) is 11.2. The van der Waals surface area contributed by atoms with Crippen molar-refractivity contribution in [2.75, 3.05) is 26.0 Å². The third-order valence-corrected chi connectivity index (χ3v) is 5.74. The molecule has 186 valence electrons. The number of amides is 1. The molecular weight excluding hydrogens is 473 g/mol. The molecule has 4 heterocycles. The number of pyridine rings is 2. The van der Waals surface area contributed by atoms with E-state index in [1.54, 1.807) is 35.0 Å². The van der Waals surface area contributed by atoms with Crippen LogP contribution < -0.4 is 15.4 Å². The maximum atomic E-state index is 13.6. The Bertz CT molecular complexity index is 1450. The van der Waals surface area contributed by atoms with Crippen molar-refractivity contribution in [1.82, 2.24) is 24.6 Å². The Labute approximate surface area is 204 Å². The molecule has 0 radical (unpaired) electrons. The maximum Gasteiger partial charge on any atom is 0.272 e. The fourth-order valence-corrected chi connectivity index (χ4v) is 4.24. The zero-order valence-electron chi connectivity index (χ0n) is 19.6. The quantitative estimate of drug-likeness (QED) is 0.380.